The van der Waals surface area contributed by atoms with Crippen LogP contribution in [0.4, 0.5) is 11.4 Å². The molecule has 0 radical (unpaired) electrons. The lowest BCUT2D eigenvalue weighted by Crippen LogP contribution is -2.48. The first-order chi connectivity index (χ1) is 16.7. The van der Waals surface area contributed by atoms with Gasteiger partial charge >= 0.3 is 0 Å². The zero-order valence-corrected chi connectivity index (χ0v) is 20.7. The number of ether oxygens (including phenoxy) is 1. The average molecular weight is 522 g/mol. The van der Waals surface area contributed by atoms with Crippen LogP contribution in [-0.2, 0) is 9.53 Å². The fraction of sp³-hybridized carbons (Fsp3) is 0.348. The smallest absolute Gasteiger partial charge is 0.293 e. The maximum atomic E-state index is 12.7. The Morgan fingerprint density at radius 3 is 2.49 bits per heavy atom. The lowest BCUT2D eigenvalue weighted by atomic mass is 10.0. The molecule has 10 nitrogen and oxygen atoms in total. The quantitative estimate of drug-likeness (QED) is 0.310. The predicted molar refractivity (Wildman–Crippen MR) is 134 cm³/mol. The van der Waals surface area contributed by atoms with Crippen molar-refractivity contribution in [1.29, 1.82) is 0 Å². The first-order valence-electron chi connectivity index (χ1n) is 10.9. The van der Waals surface area contributed by atoms with E-state index in [4.69, 9.17) is 27.9 Å². The Balaban J connectivity index is 1.68. The molecule has 12 heteroatoms. The highest BCUT2D eigenvalue weighted by atomic mass is 35.5. The van der Waals surface area contributed by atoms with Crippen LogP contribution >= 0.6 is 23.2 Å². The van der Waals surface area contributed by atoms with E-state index in [2.05, 4.69) is 15.8 Å². The number of hydrogen-bond donors (Lipinski definition) is 2. The molecule has 1 aliphatic heterocycles. The number of nitro benzene ring substituents is 1. The van der Waals surface area contributed by atoms with Crippen molar-refractivity contribution in [1.82, 2.24) is 10.7 Å². The lowest BCUT2D eigenvalue weighted by Gasteiger charge is -2.28. The SMILES string of the molecule is CC(C)C(NC(=O)c1ccc(Cl)c(Cl)c1)C(=O)NN=Cc1ccc(N2CCOCC2)c([N+](=O)[O-])c1. The molecule has 1 aliphatic rings. The molecule has 0 aromatic heterocycles. The van der Waals surface area contributed by atoms with E-state index in [-0.39, 0.29) is 22.2 Å². The van der Waals surface area contributed by atoms with Crippen molar-refractivity contribution < 1.29 is 19.2 Å². The van der Waals surface area contributed by atoms with Crippen LogP contribution in [-0.4, -0.2) is 55.3 Å². The van der Waals surface area contributed by atoms with Crippen molar-refractivity contribution in [3.8, 4) is 0 Å². The van der Waals surface area contributed by atoms with Gasteiger partial charge in [-0.1, -0.05) is 43.1 Å². The first-order valence-corrected chi connectivity index (χ1v) is 11.6. The number of amides is 2. The molecule has 1 fully saturated rings. The van der Waals surface area contributed by atoms with E-state index in [1.54, 1.807) is 26.0 Å². The standard InChI is InChI=1S/C23H25Cl2N5O5/c1-14(2)21(27-22(31)16-4-5-17(24)18(25)12-16)23(32)28-26-13-15-3-6-19(20(11-15)30(33)34)29-7-9-35-10-8-29/h3-6,11-14,21H,7-10H2,1-2H3,(H,27,31)(H,28,32). The maximum Gasteiger partial charge on any atom is 0.293 e. The van der Waals surface area contributed by atoms with Gasteiger partial charge in [0.25, 0.3) is 17.5 Å². The number of hydrogen-bond acceptors (Lipinski definition) is 7. The maximum absolute atomic E-state index is 12.7. The van der Waals surface area contributed by atoms with Crippen LogP contribution in [0.5, 0.6) is 0 Å². The van der Waals surface area contributed by atoms with Gasteiger partial charge in [-0.25, -0.2) is 5.43 Å². The Labute approximate surface area is 212 Å². The number of nitrogens with zero attached hydrogens (tertiary/aromatic N) is 3. The summed E-state index contributed by atoms with van der Waals surface area (Å²) in [6, 6.07) is 8.27. The van der Waals surface area contributed by atoms with Crippen LogP contribution in [0.1, 0.15) is 29.8 Å². The molecule has 0 spiro atoms. The molecule has 3 rings (SSSR count). The van der Waals surface area contributed by atoms with Gasteiger partial charge in [-0.3, -0.25) is 19.7 Å². The van der Waals surface area contributed by atoms with Gasteiger partial charge in [-0.15, -0.1) is 0 Å². The number of carbonyl (C=O) groups is 2. The number of carbonyl (C=O) groups excluding carboxylic acids is 2. The summed E-state index contributed by atoms with van der Waals surface area (Å²) in [5, 5.41) is 18.7. The fourth-order valence-corrected chi connectivity index (χ4v) is 3.77. The fourth-order valence-electron chi connectivity index (χ4n) is 3.48. The minimum atomic E-state index is -0.882. The zero-order chi connectivity index (χ0) is 25.5. The third kappa shape index (κ3) is 6.91. The zero-order valence-electron chi connectivity index (χ0n) is 19.2. The number of nitro groups is 1. The van der Waals surface area contributed by atoms with Crippen LogP contribution in [0.2, 0.25) is 10.0 Å². The monoisotopic (exact) mass is 521 g/mol. The van der Waals surface area contributed by atoms with Crippen LogP contribution in [0.15, 0.2) is 41.5 Å². The molecule has 0 saturated carbocycles. The summed E-state index contributed by atoms with van der Waals surface area (Å²) in [7, 11) is 0. The van der Waals surface area contributed by atoms with E-state index in [0.29, 0.717) is 42.6 Å². The second-order valence-corrected chi connectivity index (χ2v) is 8.98. The average Bonchev–Trinajstić information content (AvgIpc) is 2.84. The molecule has 2 aromatic rings. The number of benzene rings is 2. The molecular formula is C23H25Cl2N5O5. The van der Waals surface area contributed by atoms with Crippen molar-refractivity contribution >= 4 is 52.6 Å². The van der Waals surface area contributed by atoms with Gasteiger partial charge in [-0.05, 0) is 30.2 Å². The summed E-state index contributed by atoms with van der Waals surface area (Å²) >= 11 is 11.9. The van der Waals surface area contributed by atoms with E-state index in [0.717, 1.165) is 0 Å². The molecule has 1 unspecified atom stereocenters. The number of halogens is 2. The van der Waals surface area contributed by atoms with Crippen molar-refractivity contribution in [3.63, 3.8) is 0 Å². The van der Waals surface area contributed by atoms with Crippen molar-refractivity contribution in [3.05, 3.63) is 67.7 Å². The molecule has 2 amide bonds. The topological polar surface area (TPSA) is 126 Å². The highest BCUT2D eigenvalue weighted by molar-refractivity contribution is 6.42. The highest BCUT2D eigenvalue weighted by Gasteiger charge is 2.25. The van der Waals surface area contributed by atoms with E-state index in [1.807, 2.05) is 4.90 Å². The third-order valence-corrected chi connectivity index (χ3v) is 6.09. The Kier molecular flexibility index (Phi) is 9.02. The van der Waals surface area contributed by atoms with E-state index >= 15 is 0 Å². The normalized spacial score (nSPS) is 14.7. The largest absolute Gasteiger partial charge is 0.378 e. The van der Waals surface area contributed by atoms with Crippen LogP contribution < -0.4 is 15.6 Å². The molecule has 2 N–H and O–H groups in total. The number of hydrazone groups is 1. The first kappa shape index (κ1) is 26.4. The second-order valence-electron chi connectivity index (χ2n) is 8.16. The van der Waals surface area contributed by atoms with Crippen LogP contribution in [0, 0.1) is 16.0 Å². The van der Waals surface area contributed by atoms with E-state index in [1.165, 1.54) is 30.5 Å². The van der Waals surface area contributed by atoms with Crippen molar-refractivity contribution in [2.45, 2.75) is 19.9 Å². The molecule has 2 aromatic carbocycles. The molecule has 1 saturated heterocycles. The second kappa shape index (κ2) is 12.0. The summed E-state index contributed by atoms with van der Waals surface area (Å²) in [6.07, 6.45) is 1.31. The number of rotatable bonds is 8. The highest BCUT2D eigenvalue weighted by Crippen LogP contribution is 2.29. The summed E-state index contributed by atoms with van der Waals surface area (Å²) in [5.41, 5.74) is 3.53. The minimum Gasteiger partial charge on any atom is -0.378 e. The minimum absolute atomic E-state index is 0.0591. The molecule has 186 valence electrons. The lowest BCUT2D eigenvalue weighted by molar-refractivity contribution is -0.384. The predicted octanol–water partition coefficient (Wildman–Crippen LogP) is 3.64. The van der Waals surface area contributed by atoms with E-state index in [9.17, 15) is 19.7 Å². The van der Waals surface area contributed by atoms with Crippen LogP contribution in [0.3, 0.4) is 0 Å². The van der Waals surface area contributed by atoms with Crippen molar-refractivity contribution in [2.75, 3.05) is 31.2 Å². The Morgan fingerprint density at radius 1 is 1.14 bits per heavy atom. The van der Waals surface area contributed by atoms with Crippen molar-refractivity contribution in [2.24, 2.45) is 11.0 Å². The Morgan fingerprint density at radius 2 is 1.86 bits per heavy atom. The van der Waals surface area contributed by atoms with E-state index < -0.39 is 22.8 Å². The molecule has 1 atom stereocenters. The third-order valence-electron chi connectivity index (χ3n) is 5.35. The summed E-state index contributed by atoms with van der Waals surface area (Å²) < 4.78 is 5.31. The summed E-state index contributed by atoms with van der Waals surface area (Å²) in [4.78, 5) is 38.3. The Hall–Kier alpha value is -3.21. The molecule has 0 bridgehead atoms. The van der Waals surface area contributed by atoms with Gasteiger partial charge in [-0.2, -0.15) is 5.10 Å². The van der Waals surface area contributed by atoms with Gasteiger partial charge in [0, 0.05) is 30.3 Å². The number of anilines is 1. The number of nitrogens with one attached hydrogen (secondary N) is 2. The van der Waals surface area contributed by atoms with Gasteiger partial charge in [0.05, 0.1) is 34.4 Å². The van der Waals surface area contributed by atoms with Gasteiger partial charge in [0.15, 0.2) is 0 Å². The van der Waals surface area contributed by atoms with Crippen LogP contribution in [0.25, 0.3) is 0 Å². The Bertz CT molecular complexity index is 1140. The summed E-state index contributed by atoms with van der Waals surface area (Å²) in [6.45, 7) is 5.69. The number of morpholine rings is 1. The van der Waals surface area contributed by atoms with Gasteiger partial charge in [0.2, 0.25) is 0 Å². The van der Waals surface area contributed by atoms with Gasteiger partial charge < -0.3 is 15.0 Å². The molecule has 1 heterocycles. The summed E-state index contributed by atoms with van der Waals surface area (Å²) in [5.74, 6) is -1.27. The van der Waals surface area contributed by atoms with Gasteiger partial charge in [0.1, 0.15) is 11.7 Å². The molecule has 0 aliphatic carbocycles. The molecule has 35 heavy (non-hydrogen) atoms. The molecular weight excluding hydrogens is 497 g/mol.